The third-order valence-corrected chi connectivity index (χ3v) is 3.57. The zero-order valence-electron chi connectivity index (χ0n) is 8.88. The number of anilines is 1. The molecule has 0 saturated carbocycles. The summed E-state index contributed by atoms with van der Waals surface area (Å²) in [6.45, 7) is 0.253. The highest BCUT2D eigenvalue weighted by Gasteiger charge is 2.24. The highest BCUT2D eigenvalue weighted by Crippen LogP contribution is 2.26. The summed E-state index contributed by atoms with van der Waals surface area (Å²) in [6, 6.07) is 7.93. The third-order valence-electron chi connectivity index (χ3n) is 2.67. The molecule has 0 unspecified atom stereocenters. The van der Waals surface area contributed by atoms with Crippen molar-refractivity contribution in [2.75, 3.05) is 18.0 Å². The predicted molar refractivity (Wildman–Crippen MR) is 65.1 cm³/mol. The summed E-state index contributed by atoms with van der Waals surface area (Å²) in [5.74, 6) is -0.988. The van der Waals surface area contributed by atoms with Crippen LogP contribution in [0.15, 0.2) is 29.6 Å². The molecule has 17 heavy (non-hydrogen) atoms. The van der Waals surface area contributed by atoms with Gasteiger partial charge in [0.2, 0.25) is 0 Å². The van der Waals surface area contributed by atoms with E-state index in [2.05, 4.69) is 4.74 Å². The van der Waals surface area contributed by atoms with Crippen LogP contribution in [-0.2, 0) is 14.3 Å². The van der Waals surface area contributed by atoms with Gasteiger partial charge in [-0.1, -0.05) is 0 Å². The van der Waals surface area contributed by atoms with Crippen molar-refractivity contribution in [1.29, 1.82) is 0 Å². The number of morpholine rings is 1. The number of esters is 2. The number of nitrogens with zero attached hydrogens (tertiary/aromatic N) is 1. The molecule has 86 valence electrons. The molecular weight excluding hydrogens is 238 g/mol. The lowest BCUT2D eigenvalue weighted by Gasteiger charge is -2.26. The van der Waals surface area contributed by atoms with Crippen molar-refractivity contribution in [2.45, 2.75) is 0 Å². The van der Waals surface area contributed by atoms with Crippen LogP contribution in [0, 0.1) is 0 Å². The van der Waals surface area contributed by atoms with E-state index >= 15 is 0 Å². The molecule has 1 aliphatic heterocycles. The number of hydrogen-bond acceptors (Lipinski definition) is 5. The number of rotatable bonds is 1. The lowest BCUT2D eigenvalue weighted by Crippen LogP contribution is -2.42. The normalized spacial score (nSPS) is 16.4. The molecule has 2 heterocycles. The first-order valence-corrected chi connectivity index (χ1v) is 6.06. The summed E-state index contributed by atoms with van der Waals surface area (Å²) in [4.78, 5) is 24.1. The summed E-state index contributed by atoms with van der Waals surface area (Å²) in [5, 5.41) is 3.14. The van der Waals surface area contributed by atoms with Gasteiger partial charge in [0.25, 0.3) is 0 Å². The number of benzene rings is 1. The molecule has 3 rings (SSSR count). The van der Waals surface area contributed by atoms with Crippen molar-refractivity contribution in [1.82, 2.24) is 0 Å². The molecule has 0 radical (unpaired) electrons. The summed E-state index contributed by atoms with van der Waals surface area (Å²) < 4.78 is 5.69. The van der Waals surface area contributed by atoms with Gasteiger partial charge in [-0.15, -0.1) is 11.3 Å². The molecule has 0 amide bonds. The van der Waals surface area contributed by atoms with Gasteiger partial charge in [-0.3, -0.25) is 0 Å². The Labute approximate surface area is 101 Å². The first-order valence-electron chi connectivity index (χ1n) is 5.18. The Morgan fingerprint density at radius 3 is 2.65 bits per heavy atom. The van der Waals surface area contributed by atoms with Crippen molar-refractivity contribution in [2.24, 2.45) is 0 Å². The molecule has 0 atom stereocenters. The Morgan fingerprint density at radius 2 is 1.88 bits per heavy atom. The SMILES string of the molecule is O=C1CN(c2ccc3sccc3c2)CC(=O)O1. The summed E-state index contributed by atoms with van der Waals surface area (Å²) >= 11 is 1.67. The lowest BCUT2D eigenvalue weighted by atomic mass is 10.2. The fraction of sp³-hybridized carbons (Fsp3) is 0.167. The molecule has 1 aromatic heterocycles. The number of fused-ring (bicyclic) bond motifs is 1. The number of carbonyl (C=O) groups is 2. The standard InChI is InChI=1S/C12H9NO3S/c14-11-6-13(7-12(15)16-11)9-1-2-10-8(5-9)3-4-17-10/h1-5H,6-7H2. The number of carbonyl (C=O) groups excluding carboxylic acids is 2. The zero-order chi connectivity index (χ0) is 11.8. The largest absolute Gasteiger partial charge is 0.390 e. The Hall–Kier alpha value is -1.88. The van der Waals surface area contributed by atoms with E-state index in [9.17, 15) is 9.59 Å². The van der Waals surface area contributed by atoms with Gasteiger partial charge in [0, 0.05) is 10.4 Å². The van der Waals surface area contributed by atoms with Crippen LogP contribution in [0.1, 0.15) is 0 Å². The lowest BCUT2D eigenvalue weighted by molar-refractivity contribution is -0.160. The second-order valence-corrected chi connectivity index (χ2v) is 4.79. The van der Waals surface area contributed by atoms with Gasteiger partial charge < -0.3 is 9.64 Å². The minimum Gasteiger partial charge on any atom is -0.390 e. The molecule has 2 aromatic rings. The number of thiophene rings is 1. The van der Waals surface area contributed by atoms with Crippen LogP contribution in [0.2, 0.25) is 0 Å². The van der Waals surface area contributed by atoms with E-state index in [1.54, 1.807) is 16.2 Å². The Morgan fingerprint density at radius 1 is 1.12 bits per heavy atom. The molecule has 5 heteroatoms. The fourth-order valence-electron chi connectivity index (χ4n) is 1.89. The molecule has 1 saturated heterocycles. The Bertz CT molecular complexity index is 589. The molecule has 4 nitrogen and oxygen atoms in total. The second kappa shape index (κ2) is 3.85. The molecular formula is C12H9NO3S. The van der Waals surface area contributed by atoms with Crippen molar-refractivity contribution < 1.29 is 14.3 Å². The Kier molecular flexibility index (Phi) is 2.33. The molecule has 1 aromatic carbocycles. The van der Waals surface area contributed by atoms with Crippen LogP contribution in [-0.4, -0.2) is 25.0 Å². The molecule has 1 aliphatic rings. The quantitative estimate of drug-likeness (QED) is 0.569. The average Bonchev–Trinajstić information content (AvgIpc) is 2.74. The maximum atomic E-state index is 11.2. The maximum Gasteiger partial charge on any atom is 0.333 e. The van der Waals surface area contributed by atoms with Gasteiger partial charge in [0.1, 0.15) is 13.1 Å². The molecule has 1 fully saturated rings. The smallest absolute Gasteiger partial charge is 0.333 e. The fourth-order valence-corrected chi connectivity index (χ4v) is 2.66. The number of cyclic esters (lactones) is 2. The van der Waals surface area contributed by atoms with Gasteiger partial charge in [0.15, 0.2) is 0 Å². The highest BCUT2D eigenvalue weighted by molar-refractivity contribution is 7.17. The second-order valence-electron chi connectivity index (χ2n) is 3.84. The zero-order valence-corrected chi connectivity index (χ0v) is 9.70. The van der Waals surface area contributed by atoms with E-state index in [0.717, 1.165) is 11.1 Å². The van der Waals surface area contributed by atoms with Crippen molar-refractivity contribution in [3.8, 4) is 0 Å². The van der Waals surface area contributed by atoms with E-state index in [1.807, 2.05) is 29.6 Å². The van der Waals surface area contributed by atoms with Crippen LogP contribution in [0.4, 0.5) is 5.69 Å². The molecule has 0 spiro atoms. The van der Waals surface area contributed by atoms with Crippen LogP contribution in [0.5, 0.6) is 0 Å². The first kappa shape index (κ1) is 10.3. The predicted octanol–water partition coefficient (Wildman–Crippen LogP) is 1.79. The van der Waals surface area contributed by atoms with Gasteiger partial charge in [-0.2, -0.15) is 0 Å². The van der Waals surface area contributed by atoms with Crippen molar-refractivity contribution in [3.05, 3.63) is 29.6 Å². The Balaban J connectivity index is 1.96. The summed E-state index contributed by atoms with van der Waals surface area (Å²) in [7, 11) is 0. The van der Waals surface area contributed by atoms with Gasteiger partial charge in [-0.05, 0) is 35.0 Å². The van der Waals surface area contributed by atoms with Gasteiger partial charge >= 0.3 is 11.9 Å². The van der Waals surface area contributed by atoms with E-state index in [-0.39, 0.29) is 13.1 Å². The van der Waals surface area contributed by atoms with E-state index in [1.165, 1.54) is 4.70 Å². The van der Waals surface area contributed by atoms with E-state index in [4.69, 9.17) is 0 Å². The highest BCUT2D eigenvalue weighted by atomic mass is 32.1. The van der Waals surface area contributed by atoms with Crippen molar-refractivity contribution >= 4 is 39.0 Å². The topological polar surface area (TPSA) is 46.6 Å². The third kappa shape index (κ3) is 1.89. The molecule has 0 N–H and O–H groups in total. The van der Waals surface area contributed by atoms with Crippen LogP contribution in [0.3, 0.4) is 0 Å². The summed E-state index contributed by atoms with van der Waals surface area (Å²) in [5.41, 5.74) is 0.876. The van der Waals surface area contributed by atoms with E-state index < -0.39 is 11.9 Å². The van der Waals surface area contributed by atoms with Gasteiger partial charge in [-0.25, -0.2) is 9.59 Å². The monoisotopic (exact) mass is 247 g/mol. The minimum absolute atomic E-state index is 0.126. The molecule has 0 aliphatic carbocycles. The van der Waals surface area contributed by atoms with Crippen LogP contribution in [0.25, 0.3) is 10.1 Å². The average molecular weight is 247 g/mol. The minimum atomic E-state index is -0.494. The first-order chi connectivity index (χ1) is 8.22. The van der Waals surface area contributed by atoms with Crippen LogP contribution < -0.4 is 4.90 Å². The molecule has 0 bridgehead atoms. The number of ether oxygens (including phenoxy) is 1. The van der Waals surface area contributed by atoms with Crippen molar-refractivity contribution in [3.63, 3.8) is 0 Å². The maximum absolute atomic E-state index is 11.2. The van der Waals surface area contributed by atoms with Crippen LogP contribution >= 0.6 is 11.3 Å². The summed E-state index contributed by atoms with van der Waals surface area (Å²) in [6.07, 6.45) is 0. The van der Waals surface area contributed by atoms with Gasteiger partial charge in [0.05, 0.1) is 0 Å². The van der Waals surface area contributed by atoms with E-state index in [0.29, 0.717) is 0 Å². The number of hydrogen-bond donors (Lipinski definition) is 0.